The fourth-order valence-corrected chi connectivity index (χ4v) is 2.73. The van der Waals surface area contributed by atoms with Gasteiger partial charge in [0.05, 0.1) is 6.04 Å². The molecule has 1 rings (SSSR count). The number of rotatable bonds is 7. The molecule has 0 radical (unpaired) electrons. The molecule has 1 heterocycles. The van der Waals surface area contributed by atoms with Crippen LogP contribution >= 0.6 is 0 Å². The Hall–Kier alpha value is -0.610. The van der Waals surface area contributed by atoms with Crippen molar-refractivity contribution in [2.45, 2.75) is 65.0 Å². The average Bonchev–Trinajstić information content (AvgIpc) is 2.42. The largest absolute Gasteiger partial charge is 0.355 e. The van der Waals surface area contributed by atoms with E-state index in [1.807, 2.05) is 6.92 Å². The van der Waals surface area contributed by atoms with Crippen LogP contribution in [0.5, 0.6) is 0 Å². The number of piperidine rings is 1. The van der Waals surface area contributed by atoms with Crippen LogP contribution < -0.4 is 11.1 Å². The van der Waals surface area contributed by atoms with Crippen molar-refractivity contribution < 1.29 is 4.79 Å². The summed E-state index contributed by atoms with van der Waals surface area (Å²) in [4.78, 5) is 14.3. The summed E-state index contributed by atoms with van der Waals surface area (Å²) < 4.78 is 0. The summed E-state index contributed by atoms with van der Waals surface area (Å²) in [6.45, 7) is 9.08. The molecule has 19 heavy (non-hydrogen) atoms. The fourth-order valence-electron chi connectivity index (χ4n) is 2.73. The van der Waals surface area contributed by atoms with Crippen LogP contribution in [0.3, 0.4) is 0 Å². The molecule has 0 aromatic carbocycles. The van der Waals surface area contributed by atoms with E-state index in [1.165, 1.54) is 12.8 Å². The van der Waals surface area contributed by atoms with Gasteiger partial charge in [0.25, 0.3) is 0 Å². The highest BCUT2D eigenvalue weighted by atomic mass is 16.2. The van der Waals surface area contributed by atoms with Gasteiger partial charge in [0.2, 0.25) is 5.91 Å². The molecular weight excluding hydrogens is 238 g/mol. The molecule has 0 saturated carbocycles. The van der Waals surface area contributed by atoms with E-state index in [2.05, 4.69) is 24.1 Å². The van der Waals surface area contributed by atoms with Gasteiger partial charge in [0.1, 0.15) is 0 Å². The zero-order chi connectivity index (χ0) is 14.3. The summed E-state index contributed by atoms with van der Waals surface area (Å²) in [5, 5.41) is 3.04. The number of unbranched alkanes of at least 4 members (excludes halogenated alkanes) is 2. The van der Waals surface area contributed by atoms with E-state index in [0.717, 1.165) is 38.9 Å². The Bertz CT molecular complexity index is 260. The molecule has 0 aliphatic carbocycles. The van der Waals surface area contributed by atoms with Crippen molar-refractivity contribution >= 4 is 5.91 Å². The maximum Gasteiger partial charge on any atom is 0.237 e. The first-order valence-corrected chi connectivity index (χ1v) is 7.83. The highest BCUT2D eigenvalue weighted by Crippen LogP contribution is 2.21. The van der Waals surface area contributed by atoms with Crippen molar-refractivity contribution in [3.05, 3.63) is 0 Å². The minimum Gasteiger partial charge on any atom is -0.355 e. The molecule has 2 atom stereocenters. The predicted molar refractivity (Wildman–Crippen MR) is 79.9 cm³/mol. The smallest absolute Gasteiger partial charge is 0.237 e. The number of hydrogen-bond acceptors (Lipinski definition) is 3. The first kappa shape index (κ1) is 16.4. The van der Waals surface area contributed by atoms with Crippen molar-refractivity contribution in [3.63, 3.8) is 0 Å². The molecule has 0 aromatic rings. The molecule has 0 spiro atoms. The lowest BCUT2D eigenvalue weighted by atomic mass is 9.90. The van der Waals surface area contributed by atoms with Gasteiger partial charge in [-0.25, -0.2) is 0 Å². The summed E-state index contributed by atoms with van der Waals surface area (Å²) in [6, 6.07) is 0.274. The van der Waals surface area contributed by atoms with E-state index in [-0.39, 0.29) is 18.0 Å². The predicted octanol–water partition coefficient (Wildman–Crippen LogP) is 1.74. The Morgan fingerprint density at radius 2 is 1.95 bits per heavy atom. The van der Waals surface area contributed by atoms with Gasteiger partial charge in [-0.2, -0.15) is 0 Å². The second-order valence-electron chi connectivity index (χ2n) is 5.91. The topological polar surface area (TPSA) is 58.4 Å². The van der Waals surface area contributed by atoms with Gasteiger partial charge in [-0.1, -0.05) is 19.8 Å². The monoisotopic (exact) mass is 269 g/mol. The summed E-state index contributed by atoms with van der Waals surface area (Å²) in [6.07, 6.45) is 5.70. The SMILES string of the molecule is CCCCCNC(=O)C(C)N1CCC(C(C)N)CC1. The van der Waals surface area contributed by atoms with Crippen molar-refractivity contribution in [1.29, 1.82) is 0 Å². The molecule has 1 saturated heterocycles. The van der Waals surface area contributed by atoms with Gasteiger partial charge in [-0.05, 0) is 52.1 Å². The fraction of sp³-hybridized carbons (Fsp3) is 0.933. The molecular formula is C15H31N3O. The quantitative estimate of drug-likeness (QED) is 0.692. The minimum atomic E-state index is -0.00402. The first-order valence-electron chi connectivity index (χ1n) is 7.83. The number of carbonyl (C=O) groups excluding carboxylic acids is 1. The van der Waals surface area contributed by atoms with Gasteiger partial charge < -0.3 is 11.1 Å². The Balaban J connectivity index is 2.26. The van der Waals surface area contributed by atoms with E-state index in [1.54, 1.807) is 0 Å². The van der Waals surface area contributed by atoms with Crippen molar-refractivity contribution in [3.8, 4) is 0 Å². The molecule has 4 nitrogen and oxygen atoms in total. The molecule has 1 fully saturated rings. The maximum atomic E-state index is 12.0. The highest BCUT2D eigenvalue weighted by Gasteiger charge is 2.27. The number of nitrogens with one attached hydrogen (secondary N) is 1. The van der Waals surface area contributed by atoms with Gasteiger partial charge in [-0.3, -0.25) is 9.69 Å². The second kappa shape index (κ2) is 8.54. The molecule has 0 aromatic heterocycles. The third-order valence-corrected chi connectivity index (χ3v) is 4.32. The van der Waals surface area contributed by atoms with Crippen molar-refractivity contribution in [2.75, 3.05) is 19.6 Å². The van der Waals surface area contributed by atoms with Crippen LogP contribution in [0.15, 0.2) is 0 Å². The molecule has 1 aliphatic rings. The van der Waals surface area contributed by atoms with Crippen LogP contribution in [0.4, 0.5) is 0 Å². The zero-order valence-electron chi connectivity index (χ0n) is 12.8. The Morgan fingerprint density at radius 3 is 2.47 bits per heavy atom. The van der Waals surface area contributed by atoms with Crippen molar-refractivity contribution in [1.82, 2.24) is 10.2 Å². The highest BCUT2D eigenvalue weighted by molar-refractivity contribution is 5.81. The molecule has 0 bridgehead atoms. The van der Waals surface area contributed by atoms with E-state index in [9.17, 15) is 4.79 Å². The Morgan fingerprint density at radius 1 is 1.32 bits per heavy atom. The minimum absolute atomic E-state index is 0.00402. The van der Waals surface area contributed by atoms with E-state index in [0.29, 0.717) is 5.92 Å². The van der Waals surface area contributed by atoms with Crippen LogP contribution in [-0.2, 0) is 4.79 Å². The second-order valence-corrected chi connectivity index (χ2v) is 5.91. The van der Waals surface area contributed by atoms with Gasteiger partial charge in [0.15, 0.2) is 0 Å². The lowest BCUT2D eigenvalue weighted by Gasteiger charge is -2.36. The van der Waals surface area contributed by atoms with Crippen LogP contribution in [0.25, 0.3) is 0 Å². The summed E-state index contributed by atoms with van der Waals surface area (Å²) in [5.41, 5.74) is 5.94. The number of nitrogens with two attached hydrogens (primary N) is 1. The standard InChI is InChI=1S/C15H31N3O/c1-4-5-6-9-17-15(19)13(3)18-10-7-14(8-11-18)12(2)16/h12-14H,4-11,16H2,1-3H3,(H,17,19). The molecule has 1 amide bonds. The van der Waals surface area contributed by atoms with Crippen LogP contribution in [0.2, 0.25) is 0 Å². The first-order chi connectivity index (χ1) is 9.06. The normalized spacial score (nSPS) is 21.1. The van der Waals surface area contributed by atoms with Crippen LogP contribution in [0, 0.1) is 5.92 Å². The number of hydrogen-bond donors (Lipinski definition) is 2. The average molecular weight is 269 g/mol. The van der Waals surface area contributed by atoms with E-state index in [4.69, 9.17) is 5.73 Å². The number of amides is 1. The maximum absolute atomic E-state index is 12.0. The Labute approximate surface area is 118 Å². The van der Waals surface area contributed by atoms with Gasteiger partial charge in [-0.15, -0.1) is 0 Å². The third kappa shape index (κ3) is 5.49. The molecule has 3 N–H and O–H groups in total. The Kier molecular flexibility index (Phi) is 7.39. The van der Waals surface area contributed by atoms with E-state index >= 15 is 0 Å². The van der Waals surface area contributed by atoms with E-state index < -0.39 is 0 Å². The summed E-state index contributed by atoms with van der Waals surface area (Å²) in [5.74, 6) is 0.798. The third-order valence-electron chi connectivity index (χ3n) is 4.32. The molecule has 112 valence electrons. The number of nitrogens with zero attached hydrogens (tertiary/aromatic N) is 1. The molecule has 2 unspecified atom stereocenters. The lowest BCUT2D eigenvalue weighted by molar-refractivity contribution is -0.126. The summed E-state index contributed by atoms with van der Waals surface area (Å²) >= 11 is 0. The lowest BCUT2D eigenvalue weighted by Crippen LogP contribution is -2.49. The zero-order valence-corrected chi connectivity index (χ0v) is 12.8. The number of likely N-dealkylation sites (tertiary alicyclic amines) is 1. The van der Waals surface area contributed by atoms with Gasteiger partial charge >= 0.3 is 0 Å². The van der Waals surface area contributed by atoms with Gasteiger partial charge in [0, 0.05) is 12.6 Å². The van der Waals surface area contributed by atoms with Crippen molar-refractivity contribution in [2.24, 2.45) is 11.7 Å². The molecule has 4 heteroatoms. The van der Waals surface area contributed by atoms with Crippen LogP contribution in [0.1, 0.15) is 52.9 Å². The number of carbonyl (C=O) groups is 1. The van der Waals surface area contributed by atoms with Crippen LogP contribution in [-0.4, -0.2) is 42.5 Å². The summed E-state index contributed by atoms with van der Waals surface area (Å²) in [7, 11) is 0. The molecule has 1 aliphatic heterocycles.